The summed E-state index contributed by atoms with van der Waals surface area (Å²) in [4.78, 5) is 21.5. The molecule has 0 aliphatic heterocycles. The number of benzene rings is 1. The zero-order valence-electron chi connectivity index (χ0n) is 13.1. The van der Waals surface area contributed by atoms with Gasteiger partial charge in [-0.25, -0.2) is 14.4 Å². The molecule has 0 amide bonds. The second-order valence-corrected chi connectivity index (χ2v) is 6.58. The van der Waals surface area contributed by atoms with Crippen molar-refractivity contribution in [1.29, 1.82) is 0 Å². The number of hydrogen-bond donors (Lipinski definition) is 2. The van der Waals surface area contributed by atoms with Gasteiger partial charge in [-0.05, 0) is 43.0 Å². The molecule has 128 valence electrons. The number of rotatable bonds is 3. The maximum atomic E-state index is 14.3. The number of hydrogen-bond acceptors (Lipinski definition) is 5. The Labute approximate surface area is 147 Å². The van der Waals surface area contributed by atoms with Crippen molar-refractivity contribution >= 4 is 28.3 Å². The van der Waals surface area contributed by atoms with E-state index in [1.165, 1.54) is 22.9 Å². The standard InChI is InChI=1S/C17H15ClFN5O/c18-10-4-5-11(19)15-13(10)17(25)24(9-3-6-12(20)22-7-9)16(23-15)14(21)8-1-2-8/h3-8,14H,1-2,21H2,(H2,20,22). The molecular weight excluding hydrogens is 345 g/mol. The molecule has 1 aliphatic carbocycles. The zero-order chi connectivity index (χ0) is 17.7. The van der Waals surface area contributed by atoms with Gasteiger partial charge >= 0.3 is 0 Å². The van der Waals surface area contributed by atoms with E-state index < -0.39 is 17.4 Å². The Morgan fingerprint density at radius 1 is 1.28 bits per heavy atom. The minimum Gasteiger partial charge on any atom is -0.384 e. The van der Waals surface area contributed by atoms with Gasteiger partial charge in [0.05, 0.1) is 28.3 Å². The monoisotopic (exact) mass is 359 g/mol. The topological polar surface area (TPSA) is 99.8 Å². The summed E-state index contributed by atoms with van der Waals surface area (Å²) in [6, 6.07) is 5.28. The quantitative estimate of drug-likeness (QED) is 0.748. The number of anilines is 1. The van der Waals surface area contributed by atoms with Gasteiger partial charge in [-0.3, -0.25) is 9.36 Å². The lowest BCUT2D eigenvalue weighted by molar-refractivity contribution is 0.570. The average molecular weight is 360 g/mol. The Morgan fingerprint density at radius 3 is 2.68 bits per heavy atom. The number of nitrogen functional groups attached to an aromatic ring is 1. The highest BCUT2D eigenvalue weighted by Crippen LogP contribution is 2.39. The Hall–Kier alpha value is -2.51. The van der Waals surface area contributed by atoms with E-state index in [0.717, 1.165) is 12.8 Å². The molecule has 4 N–H and O–H groups in total. The predicted octanol–water partition coefficient (Wildman–Crippen LogP) is 2.57. The fourth-order valence-electron chi connectivity index (χ4n) is 2.90. The molecule has 1 unspecified atom stereocenters. The van der Waals surface area contributed by atoms with E-state index >= 15 is 0 Å². The van der Waals surface area contributed by atoms with Gasteiger partial charge in [0.1, 0.15) is 23.0 Å². The summed E-state index contributed by atoms with van der Waals surface area (Å²) < 4.78 is 15.6. The molecule has 2 heterocycles. The van der Waals surface area contributed by atoms with Crippen LogP contribution in [-0.4, -0.2) is 14.5 Å². The minimum atomic E-state index is -0.608. The van der Waals surface area contributed by atoms with Crippen molar-refractivity contribution < 1.29 is 4.39 Å². The Kier molecular flexibility index (Phi) is 3.70. The van der Waals surface area contributed by atoms with Gasteiger partial charge in [0.2, 0.25) is 0 Å². The van der Waals surface area contributed by atoms with E-state index in [9.17, 15) is 9.18 Å². The summed E-state index contributed by atoms with van der Waals surface area (Å²) in [6.45, 7) is 0. The maximum absolute atomic E-state index is 14.3. The smallest absolute Gasteiger partial charge is 0.267 e. The second kappa shape index (κ2) is 5.79. The van der Waals surface area contributed by atoms with E-state index in [2.05, 4.69) is 9.97 Å². The molecule has 0 bridgehead atoms. The first kappa shape index (κ1) is 16.0. The van der Waals surface area contributed by atoms with Crippen LogP contribution in [0.2, 0.25) is 5.02 Å². The zero-order valence-corrected chi connectivity index (χ0v) is 13.9. The van der Waals surface area contributed by atoms with Gasteiger partial charge in [-0.2, -0.15) is 0 Å². The average Bonchev–Trinajstić information content (AvgIpc) is 3.43. The van der Waals surface area contributed by atoms with Crippen LogP contribution in [0.5, 0.6) is 0 Å². The normalized spacial score (nSPS) is 15.5. The minimum absolute atomic E-state index is 0.0187. The molecular formula is C17H15ClFN5O. The van der Waals surface area contributed by atoms with Crippen LogP contribution < -0.4 is 17.0 Å². The number of nitrogens with zero attached hydrogens (tertiary/aromatic N) is 3. The molecule has 1 aliphatic rings. The fourth-order valence-corrected chi connectivity index (χ4v) is 3.14. The Morgan fingerprint density at radius 2 is 2.04 bits per heavy atom. The highest BCUT2D eigenvalue weighted by atomic mass is 35.5. The van der Waals surface area contributed by atoms with Crippen molar-refractivity contribution in [1.82, 2.24) is 14.5 Å². The van der Waals surface area contributed by atoms with Crippen LogP contribution in [0, 0.1) is 11.7 Å². The molecule has 0 spiro atoms. The summed E-state index contributed by atoms with van der Waals surface area (Å²) in [5.41, 5.74) is 11.8. The Balaban J connectivity index is 2.09. The third-order valence-corrected chi connectivity index (χ3v) is 4.72. The van der Waals surface area contributed by atoms with Gasteiger partial charge in [-0.15, -0.1) is 0 Å². The third-order valence-electron chi connectivity index (χ3n) is 4.41. The van der Waals surface area contributed by atoms with Crippen LogP contribution in [0.1, 0.15) is 24.7 Å². The highest BCUT2D eigenvalue weighted by molar-refractivity contribution is 6.35. The molecule has 2 aromatic heterocycles. The number of halogens is 2. The molecule has 25 heavy (non-hydrogen) atoms. The molecule has 3 aromatic rings. The van der Waals surface area contributed by atoms with Crippen LogP contribution in [0.15, 0.2) is 35.3 Å². The summed E-state index contributed by atoms with van der Waals surface area (Å²) in [7, 11) is 0. The first-order valence-electron chi connectivity index (χ1n) is 7.85. The van der Waals surface area contributed by atoms with Gasteiger partial charge in [0, 0.05) is 0 Å². The van der Waals surface area contributed by atoms with Gasteiger partial charge in [-0.1, -0.05) is 11.6 Å². The first-order chi connectivity index (χ1) is 12.0. The largest absolute Gasteiger partial charge is 0.384 e. The van der Waals surface area contributed by atoms with Crippen LogP contribution in [0.25, 0.3) is 16.6 Å². The first-order valence-corrected chi connectivity index (χ1v) is 8.23. The predicted molar refractivity (Wildman–Crippen MR) is 94.2 cm³/mol. The van der Waals surface area contributed by atoms with Crippen molar-refractivity contribution in [3.63, 3.8) is 0 Å². The lowest BCUT2D eigenvalue weighted by Crippen LogP contribution is -2.30. The maximum Gasteiger partial charge on any atom is 0.267 e. The third kappa shape index (κ3) is 2.65. The van der Waals surface area contributed by atoms with Crippen LogP contribution in [0.3, 0.4) is 0 Å². The summed E-state index contributed by atoms with van der Waals surface area (Å²) in [5.74, 6) is 0.235. The number of aromatic nitrogens is 3. The summed E-state index contributed by atoms with van der Waals surface area (Å²) in [5, 5.41) is 0.155. The second-order valence-electron chi connectivity index (χ2n) is 6.17. The fraction of sp³-hybridized carbons (Fsp3) is 0.235. The highest BCUT2D eigenvalue weighted by Gasteiger charge is 2.33. The Bertz CT molecular complexity index is 1030. The molecule has 8 heteroatoms. The van der Waals surface area contributed by atoms with E-state index in [1.807, 2.05) is 0 Å². The summed E-state index contributed by atoms with van der Waals surface area (Å²) >= 11 is 6.14. The van der Waals surface area contributed by atoms with E-state index in [0.29, 0.717) is 17.3 Å². The molecule has 1 fully saturated rings. The van der Waals surface area contributed by atoms with Gasteiger partial charge in [0.15, 0.2) is 0 Å². The molecule has 1 atom stereocenters. The lowest BCUT2D eigenvalue weighted by atomic mass is 10.1. The van der Waals surface area contributed by atoms with Gasteiger partial charge < -0.3 is 11.5 Å². The number of fused-ring (bicyclic) bond motifs is 1. The molecule has 1 saturated carbocycles. The molecule has 0 radical (unpaired) electrons. The number of nitrogens with two attached hydrogens (primary N) is 2. The van der Waals surface area contributed by atoms with E-state index in [-0.39, 0.29) is 21.8 Å². The van der Waals surface area contributed by atoms with Crippen LogP contribution >= 0.6 is 11.6 Å². The van der Waals surface area contributed by atoms with Crippen molar-refractivity contribution in [3.05, 3.63) is 57.5 Å². The SMILES string of the molecule is Nc1ccc(-n2c(C(N)C3CC3)nc3c(F)ccc(Cl)c3c2=O)cn1. The summed E-state index contributed by atoms with van der Waals surface area (Å²) in [6.07, 6.45) is 3.36. The van der Waals surface area contributed by atoms with Crippen molar-refractivity contribution in [3.8, 4) is 5.69 Å². The van der Waals surface area contributed by atoms with E-state index in [4.69, 9.17) is 23.1 Å². The molecule has 1 aromatic carbocycles. The molecule has 4 rings (SSSR count). The van der Waals surface area contributed by atoms with Crippen molar-refractivity contribution in [2.24, 2.45) is 11.7 Å². The van der Waals surface area contributed by atoms with Crippen molar-refractivity contribution in [2.75, 3.05) is 5.73 Å². The number of pyridine rings is 1. The van der Waals surface area contributed by atoms with E-state index in [1.54, 1.807) is 12.1 Å². The van der Waals surface area contributed by atoms with Crippen LogP contribution in [0.4, 0.5) is 10.2 Å². The van der Waals surface area contributed by atoms with Gasteiger partial charge in [0.25, 0.3) is 5.56 Å². The molecule has 0 saturated heterocycles. The van der Waals surface area contributed by atoms with Crippen molar-refractivity contribution in [2.45, 2.75) is 18.9 Å². The molecule has 6 nitrogen and oxygen atoms in total. The lowest BCUT2D eigenvalue weighted by Gasteiger charge is -2.18. The van der Waals surface area contributed by atoms with Crippen LogP contribution in [-0.2, 0) is 0 Å².